The highest BCUT2D eigenvalue weighted by Crippen LogP contribution is 2.41. The molecular formula is C57H37N3. The van der Waals surface area contributed by atoms with Gasteiger partial charge in [-0.2, -0.15) is 0 Å². The van der Waals surface area contributed by atoms with E-state index in [-0.39, 0.29) is 0 Å². The first-order chi connectivity index (χ1) is 29.7. The third-order valence-electron chi connectivity index (χ3n) is 11.5. The molecule has 10 aromatic carbocycles. The minimum absolute atomic E-state index is 0.620. The van der Waals surface area contributed by atoms with Crippen LogP contribution in [0.5, 0.6) is 0 Å². The van der Waals surface area contributed by atoms with Crippen molar-refractivity contribution in [1.29, 1.82) is 0 Å². The molecule has 0 saturated carbocycles. The van der Waals surface area contributed by atoms with Crippen LogP contribution in [0.3, 0.4) is 0 Å². The van der Waals surface area contributed by atoms with E-state index in [0.29, 0.717) is 17.5 Å². The summed E-state index contributed by atoms with van der Waals surface area (Å²) in [7, 11) is 0. The minimum atomic E-state index is 0.620. The van der Waals surface area contributed by atoms with Gasteiger partial charge in [-0.1, -0.05) is 206 Å². The molecule has 3 heteroatoms. The topological polar surface area (TPSA) is 38.7 Å². The second-order valence-corrected chi connectivity index (χ2v) is 15.2. The number of nitrogens with zero attached hydrogens (tertiary/aromatic N) is 3. The number of fused-ring (bicyclic) bond motifs is 4. The van der Waals surface area contributed by atoms with Gasteiger partial charge in [-0.15, -0.1) is 0 Å². The van der Waals surface area contributed by atoms with Gasteiger partial charge in [-0.3, -0.25) is 0 Å². The Labute approximate surface area is 349 Å². The van der Waals surface area contributed by atoms with E-state index < -0.39 is 0 Å². The average Bonchev–Trinajstić information content (AvgIpc) is 3.34. The summed E-state index contributed by atoms with van der Waals surface area (Å²) in [4.78, 5) is 15.6. The van der Waals surface area contributed by atoms with Crippen LogP contribution < -0.4 is 0 Å². The molecule has 0 bridgehead atoms. The van der Waals surface area contributed by atoms with E-state index in [9.17, 15) is 0 Å². The third-order valence-corrected chi connectivity index (χ3v) is 11.5. The van der Waals surface area contributed by atoms with Gasteiger partial charge in [-0.05, 0) is 95.0 Å². The minimum Gasteiger partial charge on any atom is -0.208 e. The summed E-state index contributed by atoms with van der Waals surface area (Å²) in [5, 5.41) is 7.49. The fourth-order valence-corrected chi connectivity index (χ4v) is 8.57. The molecule has 0 amide bonds. The normalized spacial score (nSPS) is 11.3. The van der Waals surface area contributed by atoms with Crippen LogP contribution in [-0.2, 0) is 0 Å². The fraction of sp³-hybridized carbons (Fsp3) is 0. The maximum Gasteiger partial charge on any atom is 0.164 e. The SMILES string of the molecule is c1ccc(-c2ccc(-c3nc(-c4cccc(-c5cccc(-c6c7ccccc7cc7c6ccc6ccccc67)c5)c4)nc(-c4ccccc4-c4ccccc4)n3)cc2)cc1. The molecule has 0 aliphatic heterocycles. The number of rotatable bonds is 7. The van der Waals surface area contributed by atoms with Crippen LogP contribution >= 0.6 is 0 Å². The summed E-state index contributed by atoms with van der Waals surface area (Å²) < 4.78 is 0. The average molecular weight is 764 g/mol. The molecular weight excluding hydrogens is 727 g/mol. The molecule has 0 aliphatic carbocycles. The first kappa shape index (κ1) is 35.2. The summed E-state index contributed by atoms with van der Waals surface area (Å²) in [6.45, 7) is 0. The standard InChI is InChI=1S/C57H37N3/c1-3-15-38(16-4-1)39-29-31-42(32-30-39)55-58-56(60-57(59-55)52-28-12-11-25-48(52)40-17-5-2-6-18-40)47-24-14-22-44(36-47)43-21-13-23-46(35-43)54-50-27-10-8-20-45(50)37-53-49-26-9-7-19-41(49)33-34-51(53)54/h1-37H. The van der Waals surface area contributed by atoms with Gasteiger partial charge < -0.3 is 0 Å². The first-order valence-electron chi connectivity index (χ1n) is 20.3. The van der Waals surface area contributed by atoms with Crippen molar-refractivity contribution < 1.29 is 0 Å². The van der Waals surface area contributed by atoms with Crippen molar-refractivity contribution in [2.75, 3.05) is 0 Å². The molecule has 3 nitrogen and oxygen atoms in total. The zero-order valence-corrected chi connectivity index (χ0v) is 32.7. The van der Waals surface area contributed by atoms with Crippen molar-refractivity contribution in [2.45, 2.75) is 0 Å². The summed E-state index contributed by atoms with van der Waals surface area (Å²) in [5.41, 5.74) is 11.9. The molecule has 0 unspecified atom stereocenters. The zero-order chi connectivity index (χ0) is 39.8. The summed E-state index contributed by atoms with van der Waals surface area (Å²) in [6.07, 6.45) is 0. The molecule has 60 heavy (non-hydrogen) atoms. The lowest BCUT2D eigenvalue weighted by molar-refractivity contribution is 1.07. The lowest BCUT2D eigenvalue weighted by Gasteiger charge is -2.15. The molecule has 0 radical (unpaired) electrons. The Morgan fingerprint density at radius 3 is 1.47 bits per heavy atom. The van der Waals surface area contributed by atoms with Gasteiger partial charge in [0, 0.05) is 16.7 Å². The number of hydrogen-bond donors (Lipinski definition) is 0. The van der Waals surface area contributed by atoms with Crippen LogP contribution in [0, 0.1) is 0 Å². The van der Waals surface area contributed by atoms with Crippen LogP contribution in [0.2, 0.25) is 0 Å². The van der Waals surface area contributed by atoms with Crippen molar-refractivity contribution in [3.8, 4) is 78.7 Å². The molecule has 0 aliphatic rings. The van der Waals surface area contributed by atoms with Crippen molar-refractivity contribution in [2.24, 2.45) is 0 Å². The van der Waals surface area contributed by atoms with Crippen molar-refractivity contribution in [3.05, 3.63) is 224 Å². The molecule has 0 N–H and O–H groups in total. The summed E-state index contributed by atoms with van der Waals surface area (Å²) in [5.74, 6) is 1.87. The molecule has 0 spiro atoms. The number of hydrogen-bond acceptors (Lipinski definition) is 3. The zero-order valence-electron chi connectivity index (χ0n) is 32.7. The van der Waals surface area contributed by atoms with Gasteiger partial charge in [0.1, 0.15) is 0 Å². The Kier molecular flexibility index (Phi) is 8.83. The third kappa shape index (κ3) is 6.49. The van der Waals surface area contributed by atoms with E-state index in [1.807, 2.05) is 12.1 Å². The Balaban J connectivity index is 1.04. The van der Waals surface area contributed by atoms with Gasteiger partial charge in [0.05, 0.1) is 0 Å². The van der Waals surface area contributed by atoms with E-state index in [4.69, 9.17) is 15.0 Å². The van der Waals surface area contributed by atoms with E-state index >= 15 is 0 Å². The van der Waals surface area contributed by atoms with E-state index in [1.165, 1.54) is 49.0 Å². The first-order valence-corrected chi connectivity index (χ1v) is 20.3. The fourth-order valence-electron chi connectivity index (χ4n) is 8.57. The van der Waals surface area contributed by atoms with Crippen LogP contribution in [-0.4, -0.2) is 15.0 Å². The maximum atomic E-state index is 5.22. The van der Waals surface area contributed by atoms with Crippen LogP contribution in [0.15, 0.2) is 224 Å². The molecule has 280 valence electrons. The highest BCUT2D eigenvalue weighted by Gasteiger charge is 2.17. The van der Waals surface area contributed by atoms with Crippen LogP contribution in [0.25, 0.3) is 111 Å². The van der Waals surface area contributed by atoms with Gasteiger partial charge in [0.25, 0.3) is 0 Å². The molecule has 0 fully saturated rings. The molecule has 1 heterocycles. The van der Waals surface area contributed by atoms with E-state index in [1.54, 1.807) is 0 Å². The predicted octanol–water partition coefficient (Wildman–Crippen LogP) is 15.0. The largest absolute Gasteiger partial charge is 0.208 e. The van der Waals surface area contributed by atoms with E-state index in [2.05, 4.69) is 212 Å². The second kappa shape index (κ2) is 15.1. The smallest absolute Gasteiger partial charge is 0.164 e. The second-order valence-electron chi connectivity index (χ2n) is 15.2. The number of aromatic nitrogens is 3. The van der Waals surface area contributed by atoms with Crippen molar-refractivity contribution >= 4 is 32.3 Å². The van der Waals surface area contributed by atoms with Gasteiger partial charge in [-0.25, -0.2) is 15.0 Å². The molecule has 0 saturated heterocycles. The van der Waals surface area contributed by atoms with Gasteiger partial charge in [0.2, 0.25) is 0 Å². The molecule has 11 aromatic rings. The Morgan fingerprint density at radius 1 is 0.217 bits per heavy atom. The monoisotopic (exact) mass is 763 g/mol. The van der Waals surface area contributed by atoms with Crippen LogP contribution in [0.1, 0.15) is 0 Å². The van der Waals surface area contributed by atoms with Gasteiger partial charge >= 0.3 is 0 Å². The van der Waals surface area contributed by atoms with Crippen LogP contribution in [0.4, 0.5) is 0 Å². The van der Waals surface area contributed by atoms with Crippen molar-refractivity contribution in [3.63, 3.8) is 0 Å². The Hall–Kier alpha value is -8.01. The highest BCUT2D eigenvalue weighted by molar-refractivity contribution is 6.20. The lowest BCUT2D eigenvalue weighted by Crippen LogP contribution is -2.01. The molecule has 0 atom stereocenters. The summed E-state index contributed by atoms with van der Waals surface area (Å²) >= 11 is 0. The highest BCUT2D eigenvalue weighted by atomic mass is 15.0. The predicted molar refractivity (Wildman–Crippen MR) is 250 cm³/mol. The molecule has 11 rings (SSSR count). The maximum absolute atomic E-state index is 5.22. The number of benzene rings is 10. The van der Waals surface area contributed by atoms with E-state index in [0.717, 1.165) is 44.5 Å². The van der Waals surface area contributed by atoms with Gasteiger partial charge in [0.15, 0.2) is 17.5 Å². The molecule has 1 aromatic heterocycles. The Bertz CT molecular complexity index is 3360. The Morgan fingerprint density at radius 2 is 0.717 bits per heavy atom. The summed E-state index contributed by atoms with van der Waals surface area (Å²) in [6, 6.07) is 79.5. The van der Waals surface area contributed by atoms with Crippen molar-refractivity contribution in [1.82, 2.24) is 15.0 Å². The lowest BCUT2D eigenvalue weighted by atomic mass is 9.89. The quantitative estimate of drug-likeness (QED) is 0.120.